The van der Waals surface area contributed by atoms with Gasteiger partial charge in [0, 0.05) is 30.9 Å². The van der Waals surface area contributed by atoms with Crippen molar-refractivity contribution in [1.82, 2.24) is 14.8 Å². The number of nitrogens with zero attached hydrogens (tertiary/aromatic N) is 3. The van der Waals surface area contributed by atoms with Crippen LogP contribution in [0.25, 0.3) is 0 Å². The van der Waals surface area contributed by atoms with E-state index >= 15 is 0 Å². The molecule has 2 saturated heterocycles. The van der Waals surface area contributed by atoms with Gasteiger partial charge in [0.05, 0.1) is 10.7 Å². The lowest BCUT2D eigenvalue weighted by molar-refractivity contribution is -0.138. The molecule has 0 spiro atoms. The minimum Gasteiger partial charge on any atom is -0.342 e. The van der Waals surface area contributed by atoms with Gasteiger partial charge in [-0.15, -0.1) is 11.3 Å². The van der Waals surface area contributed by atoms with Crippen LogP contribution in [0.2, 0.25) is 0 Å². The van der Waals surface area contributed by atoms with Crippen molar-refractivity contribution in [3.63, 3.8) is 0 Å². The molecule has 1 aromatic heterocycles. The number of aromatic nitrogens is 1. The van der Waals surface area contributed by atoms with Crippen LogP contribution in [-0.2, 0) is 17.8 Å². The van der Waals surface area contributed by atoms with Crippen LogP contribution in [0.15, 0.2) is 5.38 Å². The molecule has 3 rings (SSSR count). The highest BCUT2D eigenvalue weighted by molar-refractivity contribution is 7.09. The minimum absolute atomic E-state index is 0.260. The Morgan fingerprint density at radius 2 is 1.96 bits per heavy atom. The van der Waals surface area contributed by atoms with Gasteiger partial charge < -0.3 is 4.90 Å². The third-order valence-electron chi connectivity index (χ3n) is 5.05. The highest BCUT2D eigenvalue weighted by atomic mass is 32.1. The van der Waals surface area contributed by atoms with Crippen molar-refractivity contribution in [1.29, 1.82) is 0 Å². The van der Waals surface area contributed by atoms with Gasteiger partial charge in [-0.25, -0.2) is 4.98 Å². The molecule has 1 aromatic rings. The molecule has 2 aliphatic rings. The van der Waals surface area contributed by atoms with Crippen LogP contribution in [-0.4, -0.2) is 46.9 Å². The minimum atomic E-state index is 0.260. The van der Waals surface area contributed by atoms with Gasteiger partial charge in [-0.05, 0) is 58.0 Å². The van der Waals surface area contributed by atoms with Crippen LogP contribution in [0, 0.1) is 5.92 Å². The van der Waals surface area contributed by atoms with Crippen molar-refractivity contribution in [2.45, 2.75) is 58.4 Å². The molecule has 4 nitrogen and oxygen atoms in total. The zero-order valence-electron chi connectivity index (χ0n) is 14.3. The zero-order chi connectivity index (χ0) is 16.1. The number of hydrogen-bond donors (Lipinski definition) is 0. The first-order valence-corrected chi connectivity index (χ1v) is 10.1. The summed E-state index contributed by atoms with van der Waals surface area (Å²) in [4.78, 5) is 21.9. The number of carbonyl (C=O) groups is 1. The van der Waals surface area contributed by atoms with Gasteiger partial charge in [0.25, 0.3) is 0 Å². The lowest BCUT2D eigenvalue weighted by Crippen LogP contribution is -2.44. The van der Waals surface area contributed by atoms with Crippen LogP contribution in [0.1, 0.15) is 56.2 Å². The molecule has 0 atom stereocenters. The van der Waals surface area contributed by atoms with Gasteiger partial charge in [-0.3, -0.25) is 9.69 Å². The van der Waals surface area contributed by atoms with Crippen LogP contribution in [0.4, 0.5) is 0 Å². The number of aryl methyl sites for hydroxylation is 1. The molecule has 128 valence electrons. The van der Waals surface area contributed by atoms with Crippen molar-refractivity contribution >= 4 is 17.2 Å². The molecule has 2 fully saturated rings. The summed E-state index contributed by atoms with van der Waals surface area (Å²) in [6, 6.07) is 0. The van der Waals surface area contributed by atoms with Crippen molar-refractivity contribution in [3.8, 4) is 0 Å². The van der Waals surface area contributed by atoms with Crippen LogP contribution in [0.3, 0.4) is 0 Å². The number of likely N-dealkylation sites (tertiary alicyclic amines) is 2. The Morgan fingerprint density at radius 1 is 1.22 bits per heavy atom. The third kappa shape index (κ3) is 4.54. The van der Waals surface area contributed by atoms with Gasteiger partial charge in [0.1, 0.15) is 0 Å². The van der Waals surface area contributed by atoms with Crippen molar-refractivity contribution in [3.05, 3.63) is 16.1 Å². The van der Waals surface area contributed by atoms with E-state index in [1.807, 2.05) is 0 Å². The first-order valence-electron chi connectivity index (χ1n) is 9.20. The number of hydrogen-bond acceptors (Lipinski definition) is 4. The molecule has 0 aliphatic carbocycles. The van der Waals surface area contributed by atoms with E-state index in [2.05, 4.69) is 22.1 Å². The van der Waals surface area contributed by atoms with Gasteiger partial charge in [-0.1, -0.05) is 6.92 Å². The predicted molar refractivity (Wildman–Crippen MR) is 94.5 cm³/mol. The first kappa shape index (κ1) is 16.9. The predicted octanol–water partition coefficient (Wildman–Crippen LogP) is 3.32. The monoisotopic (exact) mass is 335 g/mol. The van der Waals surface area contributed by atoms with E-state index in [4.69, 9.17) is 4.98 Å². The second-order valence-corrected chi connectivity index (χ2v) is 7.86. The topological polar surface area (TPSA) is 36.4 Å². The molecular weight excluding hydrogens is 306 g/mol. The number of amides is 1. The fourth-order valence-electron chi connectivity index (χ4n) is 3.69. The van der Waals surface area contributed by atoms with Crippen molar-refractivity contribution in [2.24, 2.45) is 5.92 Å². The third-order valence-corrected chi connectivity index (χ3v) is 6.01. The summed E-state index contributed by atoms with van der Waals surface area (Å²) in [6.07, 6.45) is 7.95. The Balaban J connectivity index is 1.45. The Morgan fingerprint density at radius 3 is 2.65 bits per heavy atom. The van der Waals surface area contributed by atoms with E-state index in [9.17, 15) is 4.79 Å². The molecule has 0 aromatic carbocycles. The average Bonchev–Trinajstić information content (AvgIpc) is 3.03. The summed E-state index contributed by atoms with van der Waals surface area (Å²) >= 11 is 1.79. The molecular formula is C18H29N3OS. The quantitative estimate of drug-likeness (QED) is 0.828. The fraction of sp³-hybridized carbons (Fsp3) is 0.778. The first-order chi connectivity index (χ1) is 11.3. The van der Waals surface area contributed by atoms with Crippen LogP contribution < -0.4 is 0 Å². The summed E-state index contributed by atoms with van der Waals surface area (Å²) in [5, 5.41) is 3.47. The number of carbonyl (C=O) groups excluding carboxylic acids is 1. The summed E-state index contributed by atoms with van der Waals surface area (Å²) in [6.45, 7) is 7.18. The maximum atomic E-state index is 12.6. The van der Waals surface area contributed by atoms with Crippen LogP contribution in [0.5, 0.6) is 0 Å². The highest BCUT2D eigenvalue weighted by Crippen LogP contribution is 2.23. The number of piperidine rings is 2. The molecule has 1 amide bonds. The molecule has 2 aliphatic heterocycles. The van der Waals surface area contributed by atoms with Gasteiger partial charge in [-0.2, -0.15) is 0 Å². The van der Waals surface area contributed by atoms with E-state index < -0.39 is 0 Å². The van der Waals surface area contributed by atoms with Gasteiger partial charge in [0.2, 0.25) is 5.91 Å². The molecule has 0 unspecified atom stereocenters. The van der Waals surface area contributed by atoms with Crippen LogP contribution >= 0.6 is 11.3 Å². The molecule has 0 radical (unpaired) electrons. The second-order valence-electron chi connectivity index (χ2n) is 6.92. The van der Waals surface area contributed by atoms with E-state index in [1.54, 1.807) is 11.3 Å². The SMILES string of the molecule is CCCc1nc(CN2CCC(C(=O)N3CCCCC3)CC2)cs1. The number of thiazole rings is 1. The summed E-state index contributed by atoms with van der Waals surface area (Å²) in [7, 11) is 0. The summed E-state index contributed by atoms with van der Waals surface area (Å²) in [5.74, 6) is 0.679. The van der Waals surface area contributed by atoms with Crippen molar-refractivity contribution < 1.29 is 4.79 Å². The highest BCUT2D eigenvalue weighted by Gasteiger charge is 2.29. The smallest absolute Gasteiger partial charge is 0.225 e. The van der Waals surface area contributed by atoms with Crippen molar-refractivity contribution in [2.75, 3.05) is 26.2 Å². The summed E-state index contributed by atoms with van der Waals surface area (Å²) in [5.41, 5.74) is 1.21. The average molecular weight is 336 g/mol. The Bertz CT molecular complexity index is 502. The molecule has 0 saturated carbocycles. The zero-order valence-corrected chi connectivity index (χ0v) is 15.1. The summed E-state index contributed by atoms with van der Waals surface area (Å²) < 4.78 is 0. The maximum Gasteiger partial charge on any atom is 0.225 e. The Kier molecular flexibility index (Phi) is 6.06. The maximum absolute atomic E-state index is 12.6. The molecule has 0 N–H and O–H groups in total. The number of rotatable bonds is 5. The van der Waals surface area contributed by atoms with E-state index in [0.29, 0.717) is 5.91 Å². The van der Waals surface area contributed by atoms with E-state index in [-0.39, 0.29) is 5.92 Å². The lowest BCUT2D eigenvalue weighted by atomic mass is 9.94. The molecule has 0 bridgehead atoms. The Hall–Kier alpha value is -0.940. The van der Waals surface area contributed by atoms with Gasteiger partial charge in [0.15, 0.2) is 0 Å². The van der Waals surface area contributed by atoms with Gasteiger partial charge >= 0.3 is 0 Å². The molecule has 3 heterocycles. The Labute approximate surface area is 143 Å². The fourth-order valence-corrected chi connectivity index (χ4v) is 4.58. The normalized spacial score (nSPS) is 20.8. The van der Waals surface area contributed by atoms with E-state index in [0.717, 1.165) is 58.4 Å². The standard InChI is InChI=1S/C18H29N3OS/c1-2-6-17-19-16(14-23-17)13-20-11-7-15(8-12-20)18(22)21-9-4-3-5-10-21/h14-15H,2-13H2,1H3. The molecule has 5 heteroatoms. The second kappa shape index (κ2) is 8.25. The van der Waals surface area contributed by atoms with E-state index in [1.165, 1.54) is 30.0 Å². The lowest BCUT2D eigenvalue weighted by Gasteiger charge is -2.35. The molecule has 23 heavy (non-hydrogen) atoms. The largest absolute Gasteiger partial charge is 0.342 e.